The number of imidazole rings is 1. The largest absolute Gasteiger partial charge is 0.361 e. The van der Waals surface area contributed by atoms with Crippen LogP contribution >= 0.6 is 23.2 Å². The third-order valence-corrected chi connectivity index (χ3v) is 7.88. The molecule has 1 aliphatic rings. The Morgan fingerprint density at radius 3 is 2.54 bits per heavy atom. The molecule has 2 aromatic rings. The Morgan fingerprint density at radius 2 is 1.86 bits per heavy atom. The molecule has 0 spiro atoms. The van der Waals surface area contributed by atoms with Crippen molar-refractivity contribution in [3.63, 3.8) is 0 Å². The molecule has 1 aromatic carbocycles. The highest BCUT2D eigenvalue weighted by Gasteiger charge is 2.23. The first-order chi connectivity index (χ1) is 13.2. The number of hydrogen-bond acceptors (Lipinski definition) is 3. The number of rotatable bonds is 8. The van der Waals surface area contributed by atoms with Crippen molar-refractivity contribution in [2.45, 2.75) is 70.9 Å². The predicted octanol–water partition coefficient (Wildman–Crippen LogP) is 6.81. The number of Topliss-reactive ketones (excluding diaryl/α,β-unsaturated/α-hetero) is 1. The van der Waals surface area contributed by atoms with Crippen LogP contribution in [0, 0.1) is 5.92 Å². The molecular weight excluding hydrogens is 411 g/mol. The number of hydrogen-bond donors (Lipinski definition) is 0. The molecule has 1 aliphatic carbocycles. The van der Waals surface area contributed by atoms with Crippen LogP contribution in [0.25, 0.3) is 11.0 Å². The molecule has 1 aromatic heterocycles. The minimum absolute atomic E-state index is 0.0872. The van der Waals surface area contributed by atoms with Gasteiger partial charge >= 0.3 is 0 Å². The van der Waals surface area contributed by atoms with E-state index in [4.69, 9.17) is 27.9 Å². The minimum atomic E-state index is -1.17. The second-order valence-corrected chi connectivity index (χ2v) is 15.5. The standard InChI is InChI=1S/C21H30Cl2N2O2Si/c1-28(2,3)10-9-27-14-25-19-13-17(23)16(22)12-18(19)24-21(25)20(26)11-15-7-5-4-6-8-15/h12-13,15H,4-11,14H2,1-3H3. The van der Waals surface area contributed by atoms with Crippen LogP contribution in [0.2, 0.25) is 35.7 Å². The van der Waals surface area contributed by atoms with E-state index in [2.05, 4.69) is 24.6 Å². The van der Waals surface area contributed by atoms with Crippen LogP contribution in [-0.2, 0) is 11.5 Å². The molecule has 0 amide bonds. The average molecular weight is 441 g/mol. The van der Waals surface area contributed by atoms with E-state index in [-0.39, 0.29) is 5.78 Å². The molecule has 0 saturated heterocycles. The Labute approximate surface area is 178 Å². The lowest BCUT2D eigenvalue weighted by Gasteiger charge is -2.20. The van der Waals surface area contributed by atoms with E-state index in [0.29, 0.717) is 47.1 Å². The van der Waals surface area contributed by atoms with Gasteiger partial charge in [-0.2, -0.15) is 0 Å². The summed E-state index contributed by atoms with van der Waals surface area (Å²) >= 11 is 12.4. The van der Waals surface area contributed by atoms with Gasteiger partial charge in [0.1, 0.15) is 6.73 Å². The molecule has 28 heavy (non-hydrogen) atoms. The van der Waals surface area contributed by atoms with Gasteiger partial charge in [0.25, 0.3) is 0 Å². The highest BCUT2D eigenvalue weighted by atomic mass is 35.5. The van der Waals surface area contributed by atoms with E-state index < -0.39 is 8.07 Å². The zero-order chi connectivity index (χ0) is 20.3. The Hall–Kier alpha value is -0.883. The lowest BCUT2D eigenvalue weighted by molar-refractivity contribution is 0.0802. The zero-order valence-corrected chi connectivity index (χ0v) is 19.6. The first-order valence-electron chi connectivity index (χ1n) is 10.2. The first kappa shape index (κ1) is 21.8. The van der Waals surface area contributed by atoms with Crippen LogP contribution in [0.5, 0.6) is 0 Å². The van der Waals surface area contributed by atoms with Gasteiger partial charge < -0.3 is 4.74 Å². The van der Waals surface area contributed by atoms with Gasteiger partial charge in [-0.3, -0.25) is 9.36 Å². The third-order valence-electron chi connectivity index (χ3n) is 5.46. The van der Waals surface area contributed by atoms with Crippen molar-refractivity contribution >= 4 is 48.1 Å². The van der Waals surface area contributed by atoms with Crippen molar-refractivity contribution < 1.29 is 9.53 Å². The number of carbonyl (C=O) groups excluding carboxylic acids is 1. The third kappa shape index (κ3) is 5.59. The summed E-state index contributed by atoms with van der Waals surface area (Å²) in [7, 11) is -1.17. The van der Waals surface area contributed by atoms with Crippen LogP contribution in [0.1, 0.15) is 49.1 Å². The first-order valence-corrected chi connectivity index (χ1v) is 14.7. The highest BCUT2D eigenvalue weighted by Crippen LogP contribution is 2.31. The molecule has 0 aliphatic heterocycles. The molecule has 0 unspecified atom stereocenters. The maximum absolute atomic E-state index is 13.1. The number of ether oxygens (including phenoxy) is 1. The monoisotopic (exact) mass is 440 g/mol. The molecule has 154 valence electrons. The van der Waals surface area contributed by atoms with Gasteiger partial charge in [-0.15, -0.1) is 0 Å². The van der Waals surface area contributed by atoms with E-state index in [1.54, 1.807) is 12.1 Å². The van der Waals surface area contributed by atoms with E-state index in [9.17, 15) is 4.79 Å². The van der Waals surface area contributed by atoms with E-state index in [1.165, 1.54) is 19.3 Å². The molecule has 1 saturated carbocycles. The molecule has 0 atom stereocenters. The van der Waals surface area contributed by atoms with Crippen molar-refractivity contribution in [2.24, 2.45) is 5.92 Å². The number of ketones is 1. The van der Waals surface area contributed by atoms with Crippen molar-refractivity contribution in [1.82, 2.24) is 9.55 Å². The fraction of sp³-hybridized carbons (Fsp3) is 0.619. The summed E-state index contributed by atoms with van der Waals surface area (Å²) in [6.07, 6.45) is 6.55. The van der Waals surface area contributed by atoms with Crippen LogP contribution in [0.3, 0.4) is 0 Å². The Balaban J connectivity index is 1.83. The van der Waals surface area contributed by atoms with Crippen LogP contribution in [-0.4, -0.2) is 30.0 Å². The Bertz CT molecular complexity index is 839. The molecule has 0 bridgehead atoms. The second-order valence-electron chi connectivity index (χ2n) is 9.10. The summed E-state index contributed by atoms with van der Waals surface area (Å²) in [5.74, 6) is 1.02. The number of halogens is 2. The smallest absolute Gasteiger partial charge is 0.198 e. The fourth-order valence-corrected chi connectivity index (χ4v) is 4.82. The average Bonchev–Trinajstić information content (AvgIpc) is 2.97. The van der Waals surface area contributed by atoms with Crippen molar-refractivity contribution in [3.8, 4) is 0 Å². The molecule has 1 heterocycles. The summed E-state index contributed by atoms with van der Waals surface area (Å²) in [6.45, 7) is 7.97. The van der Waals surface area contributed by atoms with Gasteiger partial charge in [-0.05, 0) is 24.1 Å². The fourth-order valence-electron chi connectivity index (χ4n) is 3.74. The summed E-state index contributed by atoms with van der Waals surface area (Å²) in [6, 6.07) is 4.60. The lowest BCUT2D eigenvalue weighted by atomic mass is 9.86. The quantitative estimate of drug-likeness (QED) is 0.257. The molecule has 0 N–H and O–H groups in total. The van der Waals surface area contributed by atoms with Gasteiger partial charge in [0.15, 0.2) is 11.6 Å². The summed E-state index contributed by atoms with van der Waals surface area (Å²) in [5, 5.41) is 0.911. The van der Waals surface area contributed by atoms with E-state index >= 15 is 0 Å². The number of benzene rings is 1. The van der Waals surface area contributed by atoms with Gasteiger partial charge in [0.2, 0.25) is 0 Å². The summed E-state index contributed by atoms with van der Waals surface area (Å²) in [5.41, 5.74) is 1.49. The van der Waals surface area contributed by atoms with Crippen LogP contribution < -0.4 is 0 Å². The van der Waals surface area contributed by atoms with Crippen LogP contribution in [0.4, 0.5) is 0 Å². The van der Waals surface area contributed by atoms with Gasteiger partial charge in [-0.1, -0.05) is 74.9 Å². The predicted molar refractivity (Wildman–Crippen MR) is 119 cm³/mol. The molecule has 7 heteroatoms. The molecule has 1 fully saturated rings. The normalized spacial score (nSPS) is 16.0. The van der Waals surface area contributed by atoms with Crippen molar-refractivity contribution in [2.75, 3.05) is 6.61 Å². The number of carbonyl (C=O) groups is 1. The highest BCUT2D eigenvalue weighted by molar-refractivity contribution is 6.76. The van der Waals surface area contributed by atoms with Crippen molar-refractivity contribution in [1.29, 1.82) is 0 Å². The van der Waals surface area contributed by atoms with Crippen LogP contribution in [0.15, 0.2) is 12.1 Å². The SMILES string of the molecule is C[Si](C)(C)CCOCn1c(C(=O)CC2CCCCC2)nc2cc(Cl)c(Cl)cc21. The zero-order valence-electron chi connectivity index (χ0n) is 17.1. The number of aromatic nitrogens is 2. The summed E-state index contributed by atoms with van der Waals surface area (Å²) < 4.78 is 7.81. The molecule has 0 radical (unpaired) electrons. The summed E-state index contributed by atoms with van der Waals surface area (Å²) in [4.78, 5) is 17.7. The molecule has 3 rings (SSSR count). The van der Waals surface area contributed by atoms with E-state index in [0.717, 1.165) is 24.4 Å². The number of nitrogens with zero attached hydrogens (tertiary/aromatic N) is 2. The molecule has 4 nitrogen and oxygen atoms in total. The lowest BCUT2D eigenvalue weighted by Crippen LogP contribution is -2.22. The molecular formula is C21H30Cl2N2O2Si. The second kappa shape index (κ2) is 9.29. The van der Waals surface area contributed by atoms with Crippen molar-refractivity contribution in [3.05, 3.63) is 28.0 Å². The van der Waals surface area contributed by atoms with Gasteiger partial charge in [-0.25, -0.2) is 4.98 Å². The maximum Gasteiger partial charge on any atom is 0.198 e. The maximum atomic E-state index is 13.1. The van der Waals surface area contributed by atoms with E-state index in [1.807, 2.05) is 4.57 Å². The topological polar surface area (TPSA) is 44.1 Å². The van der Waals surface area contributed by atoms with Gasteiger partial charge in [0.05, 0.1) is 21.1 Å². The number of fused-ring (bicyclic) bond motifs is 1. The Morgan fingerprint density at radius 1 is 1.18 bits per heavy atom. The Kier molecular flexibility index (Phi) is 7.24. The van der Waals surface area contributed by atoms with Gasteiger partial charge in [0, 0.05) is 21.1 Å². The minimum Gasteiger partial charge on any atom is -0.361 e.